The van der Waals surface area contributed by atoms with Gasteiger partial charge in [0.15, 0.2) is 0 Å². The van der Waals surface area contributed by atoms with Gasteiger partial charge >= 0.3 is 0 Å². The second kappa shape index (κ2) is 14.5. The Hall–Kier alpha value is -4.64. The quantitative estimate of drug-likeness (QED) is 0.0719. The van der Waals surface area contributed by atoms with E-state index in [2.05, 4.69) is 16.0 Å². The number of para-hydroxylation sites is 1. The minimum atomic E-state index is -0.683. The zero-order chi connectivity index (χ0) is 30.9. The monoisotopic (exact) mass is 634 g/mol. The number of thioether (sulfide) groups is 1. The van der Waals surface area contributed by atoms with E-state index in [1.54, 1.807) is 85.8 Å². The fourth-order valence-corrected chi connectivity index (χ4v) is 4.93. The van der Waals surface area contributed by atoms with Crippen LogP contribution >= 0.6 is 35.0 Å². The average Bonchev–Trinajstić information content (AvgIpc) is 3.00. The highest BCUT2D eigenvalue weighted by molar-refractivity contribution is 8.00. The first-order valence-corrected chi connectivity index (χ1v) is 14.4. The molecular formula is C31H24Cl2N4O5S. The molecule has 1 unspecified atom stereocenters. The van der Waals surface area contributed by atoms with Gasteiger partial charge in [0.05, 0.1) is 25.8 Å². The Morgan fingerprint density at radius 3 is 2.16 bits per heavy atom. The molecule has 3 amide bonds. The molecule has 0 saturated carbocycles. The first-order chi connectivity index (χ1) is 20.6. The highest BCUT2D eigenvalue weighted by Crippen LogP contribution is 2.28. The predicted molar refractivity (Wildman–Crippen MR) is 170 cm³/mol. The predicted octanol–water partition coefficient (Wildman–Crippen LogP) is 7.43. The van der Waals surface area contributed by atoms with Crippen molar-refractivity contribution >= 4 is 75.8 Å². The molecule has 0 spiro atoms. The van der Waals surface area contributed by atoms with Gasteiger partial charge in [-0.1, -0.05) is 53.5 Å². The highest BCUT2D eigenvalue weighted by Gasteiger charge is 2.19. The number of anilines is 2. The summed E-state index contributed by atoms with van der Waals surface area (Å²) in [5.41, 5.74) is 0.974. The number of nitro benzene ring substituents is 1. The Balaban J connectivity index is 1.47. The minimum absolute atomic E-state index is 0.144. The summed E-state index contributed by atoms with van der Waals surface area (Å²) in [6.45, 7) is 1.75. The van der Waals surface area contributed by atoms with Gasteiger partial charge in [-0.2, -0.15) is 0 Å². The molecule has 12 heteroatoms. The van der Waals surface area contributed by atoms with Gasteiger partial charge < -0.3 is 16.0 Å². The number of nitrogens with one attached hydrogen (secondary N) is 3. The van der Waals surface area contributed by atoms with Gasteiger partial charge in [0, 0.05) is 27.9 Å². The van der Waals surface area contributed by atoms with Crippen LogP contribution < -0.4 is 16.0 Å². The van der Waals surface area contributed by atoms with Crippen molar-refractivity contribution in [3.05, 3.63) is 134 Å². The molecule has 1 atom stereocenters. The van der Waals surface area contributed by atoms with E-state index in [0.717, 1.165) is 4.90 Å². The van der Waals surface area contributed by atoms with Crippen LogP contribution in [-0.2, 0) is 9.59 Å². The number of carbonyl (C=O) groups excluding carboxylic acids is 3. The molecule has 0 saturated heterocycles. The molecule has 0 aliphatic carbocycles. The van der Waals surface area contributed by atoms with Crippen molar-refractivity contribution in [1.29, 1.82) is 0 Å². The zero-order valence-electron chi connectivity index (χ0n) is 22.5. The van der Waals surface area contributed by atoms with Gasteiger partial charge in [0.1, 0.15) is 5.70 Å². The molecule has 0 aliphatic rings. The lowest BCUT2D eigenvalue weighted by atomic mass is 10.1. The molecule has 4 aromatic carbocycles. The number of benzene rings is 4. The van der Waals surface area contributed by atoms with Crippen molar-refractivity contribution in [2.75, 3.05) is 10.6 Å². The van der Waals surface area contributed by atoms with Crippen LogP contribution in [0.1, 0.15) is 22.8 Å². The van der Waals surface area contributed by atoms with Crippen LogP contribution in [-0.4, -0.2) is 27.9 Å². The third-order valence-electron chi connectivity index (χ3n) is 5.94. The lowest BCUT2D eigenvalue weighted by molar-refractivity contribution is -0.385. The van der Waals surface area contributed by atoms with Crippen LogP contribution in [0.5, 0.6) is 0 Å². The molecule has 218 valence electrons. The fraction of sp³-hybridized carbons (Fsp3) is 0.0645. The maximum absolute atomic E-state index is 13.3. The van der Waals surface area contributed by atoms with E-state index in [-0.39, 0.29) is 22.9 Å². The molecule has 0 fully saturated rings. The molecular weight excluding hydrogens is 611 g/mol. The Morgan fingerprint density at radius 1 is 0.837 bits per heavy atom. The number of nitrogens with zero attached hydrogens (tertiary/aromatic N) is 1. The van der Waals surface area contributed by atoms with Crippen LogP contribution in [0.2, 0.25) is 10.0 Å². The van der Waals surface area contributed by atoms with Crippen molar-refractivity contribution in [2.24, 2.45) is 0 Å². The Kier molecular flexibility index (Phi) is 10.6. The highest BCUT2D eigenvalue weighted by atomic mass is 35.5. The Labute approximate surface area is 261 Å². The minimum Gasteiger partial charge on any atom is -0.325 e. The van der Waals surface area contributed by atoms with Crippen LogP contribution in [0.25, 0.3) is 6.08 Å². The molecule has 9 nitrogen and oxygen atoms in total. The Bertz CT molecular complexity index is 1700. The van der Waals surface area contributed by atoms with Gasteiger partial charge in [-0.05, 0) is 73.7 Å². The van der Waals surface area contributed by atoms with Gasteiger partial charge in [0.25, 0.3) is 17.5 Å². The normalized spacial score (nSPS) is 11.7. The fourth-order valence-electron chi connectivity index (χ4n) is 3.76. The van der Waals surface area contributed by atoms with Crippen molar-refractivity contribution in [3.8, 4) is 0 Å². The summed E-state index contributed by atoms with van der Waals surface area (Å²) in [5.74, 6) is -1.47. The summed E-state index contributed by atoms with van der Waals surface area (Å²) in [5, 5.41) is 19.9. The first kappa shape index (κ1) is 31.3. The van der Waals surface area contributed by atoms with Crippen LogP contribution in [0.3, 0.4) is 0 Å². The summed E-state index contributed by atoms with van der Waals surface area (Å²) < 4.78 is 0. The zero-order valence-corrected chi connectivity index (χ0v) is 24.9. The number of hydrogen-bond acceptors (Lipinski definition) is 6. The molecule has 0 aromatic heterocycles. The Morgan fingerprint density at radius 2 is 1.49 bits per heavy atom. The standard InChI is InChI=1S/C31H24Cl2N4O5S/c1-19(29(38)35-23-13-16-25(32)26(33)18-23)43-24-14-11-22(12-15-24)34-31(40)27(36-30(39)20-7-3-2-4-8-20)17-21-9-5-6-10-28(21)37(41)42/h2-19H,1H3,(H,34,40)(H,35,38)(H,36,39)/b27-17-. The van der Waals surface area contributed by atoms with E-state index >= 15 is 0 Å². The summed E-state index contributed by atoms with van der Waals surface area (Å²) >= 11 is 13.3. The lowest BCUT2D eigenvalue weighted by Gasteiger charge is -2.14. The maximum Gasteiger partial charge on any atom is 0.276 e. The smallest absolute Gasteiger partial charge is 0.276 e. The van der Waals surface area contributed by atoms with Crippen molar-refractivity contribution < 1.29 is 19.3 Å². The third-order valence-corrected chi connectivity index (χ3v) is 7.79. The first-order valence-electron chi connectivity index (χ1n) is 12.8. The van der Waals surface area contributed by atoms with Gasteiger partial charge in [-0.3, -0.25) is 24.5 Å². The summed E-state index contributed by atoms with van der Waals surface area (Å²) in [6.07, 6.45) is 1.26. The van der Waals surface area contributed by atoms with Crippen LogP contribution in [0.4, 0.5) is 17.1 Å². The summed E-state index contributed by atoms with van der Waals surface area (Å²) in [7, 11) is 0. The van der Waals surface area contributed by atoms with Gasteiger partial charge in [-0.25, -0.2) is 0 Å². The second-order valence-electron chi connectivity index (χ2n) is 9.05. The molecule has 4 rings (SSSR count). The molecule has 4 aromatic rings. The van der Waals surface area contributed by atoms with Crippen molar-refractivity contribution in [1.82, 2.24) is 5.32 Å². The number of amides is 3. The molecule has 0 radical (unpaired) electrons. The second-order valence-corrected chi connectivity index (χ2v) is 11.3. The third kappa shape index (κ3) is 8.68. The number of halogens is 2. The molecule has 0 bridgehead atoms. The topological polar surface area (TPSA) is 130 Å². The largest absolute Gasteiger partial charge is 0.325 e. The van der Waals surface area contributed by atoms with Gasteiger partial charge in [0.2, 0.25) is 5.91 Å². The SMILES string of the molecule is CC(Sc1ccc(NC(=O)/C(=C/c2ccccc2[N+](=O)[O-])NC(=O)c2ccccc2)cc1)C(=O)Nc1ccc(Cl)c(Cl)c1. The van der Waals surface area contributed by atoms with Crippen LogP contribution in [0.15, 0.2) is 108 Å². The number of rotatable bonds is 10. The number of hydrogen-bond donors (Lipinski definition) is 3. The van der Waals surface area contributed by atoms with E-state index in [1.807, 2.05) is 0 Å². The molecule has 43 heavy (non-hydrogen) atoms. The van der Waals surface area contributed by atoms with Crippen molar-refractivity contribution in [3.63, 3.8) is 0 Å². The molecule has 3 N–H and O–H groups in total. The average molecular weight is 636 g/mol. The van der Waals surface area contributed by atoms with Crippen LogP contribution in [0, 0.1) is 10.1 Å². The van der Waals surface area contributed by atoms with E-state index in [4.69, 9.17) is 23.2 Å². The van der Waals surface area contributed by atoms with E-state index < -0.39 is 22.0 Å². The van der Waals surface area contributed by atoms with E-state index in [0.29, 0.717) is 27.0 Å². The number of nitro groups is 1. The van der Waals surface area contributed by atoms with E-state index in [9.17, 15) is 24.5 Å². The lowest BCUT2D eigenvalue weighted by Crippen LogP contribution is -2.30. The molecule has 0 heterocycles. The maximum atomic E-state index is 13.3. The number of carbonyl (C=O) groups is 3. The summed E-state index contributed by atoms with van der Waals surface area (Å²) in [6, 6.07) is 25.7. The van der Waals surface area contributed by atoms with Gasteiger partial charge in [-0.15, -0.1) is 11.8 Å². The van der Waals surface area contributed by atoms with E-state index in [1.165, 1.54) is 36.0 Å². The van der Waals surface area contributed by atoms with Crippen molar-refractivity contribution in [2.45, 2.75) is 17.1 Å². The summed E-state index contributed by atoms with van der Waals surface area (Å²) in [4.78, 5) is 50.5. The molecule has 0 aliphatic heterocycles.